The normalized spacial score (nSPS) is 17.7. The van der Waals surface area contributed by atoms with Crippen molar-refractivity contribution in [1.29, 1.82) is 0 Å². The molecule has 1 aromatic carbocycles. The molecular weight excluding hydrogens is 322 g/mol. The van der Waals surface area contributed by atoms with Gasteiger partial charge in [-0.25, -0.2) is 4.79 Å². The molecule has 3 rings (SSSR count). The van der Waals surface area contributed by atoms with Crippen LogP contribution in [0.15, 0.2) is 23.0 Å². The Labute approximate surface area is 144 Å². The molecule has 7 nitrogen and oxygen atoms in total. The van der Waals surface area contributed by atoms with E-state index in [1.54, 1.807) is 11.6 Å². The zero-order chi connectivity index (χ0) is 18.0. The summed E-state index contributed by atoms with van der Waals surface area (Å²) < 4.78 is 3.06. The molecule has 132 valence electrons. The van der Waals surface area contributed by atoms with Crippen LogP contribution < -0.4 is 11.0 Å². The van der Waals surface area contributed by atoms with E-state index in [2.05, 4.69) is 5.32 Å². The van der Waals surface area contributed by atoms with Gasteiger partial charge in [0.25, 0.3) is 0 Å². The highest BCUT2D eigenvalue weighted by atomic mass is 16.2. The molecule has 1 unspecified atom stereocenters. The summed E-state index contributed by atoms with van der Waals surface area (Å²) in [5.74, 6) is -0.729. The maximum atomic E-state index is 12.8. The Kier molecular flexibility index (Phi) is 4.83. The third-order valence-electron chi connectivity index (χ3n) is 4.73. The lowest BCUT2D eigenvalue weighted by Gasteiger charge is -2.21. The van der Waals surface area contributed by atoms with E-state index in [4.69, 9.17) is 0 Å². The van der Waals surface area contributed by atoms with Crippen molar-refractivity contribution in [2.75, 3.05) is 0 Å². The molecule has 7 heteroatoms. The van der Waals surface area contributed by atoms with Crippen LogP contribution in [-0.2, 0) is 27.9 Å². The number of amides is 2. The first kappa shape index (κ1) is 17.1. The predicted molar refractivity (Wildman–Crippen MR) is 92.2 cm³/mol. The number of para-hydroxylation sites is 1. The van der Waals surface area contributed by atoms with Gasteiger partial charge in [-0.05, 0) is 37.3 Å². The summed E-state index contributed by atoms with van der Waals surface area (Å²) in [5, 5.41) is 2.31. The number of aryl methyl sites for hydroxylation is 2. The van der Waals surface area contributed by atoms with Crippen LogP contribution >= 0.6 is 0 Å². The molecule has 1 aromatic heterocycles. The quantitative estimate of drug-likeness (QED) is 0.485. The van der Waals surface area contributed by atoms with Crippen molar-refractivity contribution in [3.8, 4) is 0 Å². The van der Waals surface area contributed by atoms with Crippen molar-refractivity contribution in [1.82, 2.24) is 14.5 Å². The summed E-state index contributed by atoms with van der Waals surface area (Å²) in [5.41, 5.74) is 2.28. The van der Waals surface area contributed by atoms with Crippen LogP contribution in [0.2, 0.25) is 0 Å². The zero-order valence-electron chi connectivity index (χ0n) is 14.2. The number of hydrogen-bond acceptors (Lipinski definition) is 4. The summed E-state index contributed by atoms with van der Waals surface area (Å²) in [7, 11) is 1.70. The SMILES string of the molecule is Cn1c(=O)n(C2CCC(=O)NC2=O)c2cccc(CCCCC=O)c21. The van der Waals surface area contributed by atoms with E-state index in [9.17, 15) is 19.2 Å². The van der Waals surface area contributed by atoms with Gasteiger partial charge in [-0.1, -0.05) is 12.1 Å². The molecule has 1 fully saturated rings. The van der Waals surface area contributed by atoms with Crippen LogP contribution in [-0.4, -0.2) is 27.2 Å². The first-order valence-electron chi connectivity index (χ1n) is 8.50. The van der Waals surface area contributed by atoms with Crippen LogP contribution in [0.1, 0.15) is 43.7 Å². The van der Waals surface area contributed by atoms with Gasteiger partial charge in [0.15, 0.2) is 0 Å². The minimum absolute atomic E-state index is 0.227. The third-order valence-corrected chi connectivity index (χ3v) is 4.73. The second-order valence-corrected chi connectivity index (χ2v) is 6.38. The largest absolute Gasteiger partial charge is 0.329 e. The van der Waals surface area contributed by atoms with E-state index in [-0.39, 0.29) is 18.0 Å². The fourth-order valence-corrected chi connectivity index (χ4v) is 3.49. The topological polar surface area (TPSA) is 90.2 Å². The Hall–Kier alpha value is -2.70. The number of benzene rings is 1. The summed E-state index contributed by atoms with van der Waals surface area (Å²) in [6.45, 7) is 0. The van der Waals surface area contributed by atoms with Crippen LogP contribution in [0.4, 0.5) is 0 Å². The number of carbonyl (C=O) groups is 3. The van der Waals surface area contributed by atoms with Gasteiger partial charge in [-0.15, -0.1) is 0 Å². The van der Waals surface area contributed by atoms with Gasteiger partial charge in [-0.3, -0.25) is 24.0 Å². The lowest BCUT2D eigenvalue weighted by molar-refractivity contribution is -0.135. The fourth-order valence-electron chi connectivity index (χ4n) is 3.49. The number of imide groups is 1. The van der Waals surface area contributed by atoms with Crippen LogP contribution in [0, 0.1) is 0 Å². The number of nitrogens with zero attached hydrogens (tertiary/aromatic N) is 2. The molecule has 0 radical (unpaired) electrons. The van der Waals surface area contributed by atoms with Crippen molar-refractivity contribution >= 4 is 29.1 Å². The first-order chi connectivity index (χ1) is 12.0. The van der Waals surface area contributed by atoms with Gasteiger partial charge in [0.2, 0.25) is 11.8 Å². The van der Waals surface area contributed by atoms with Crippen molar-refractivity contribution in [3.63, 3.8) is 0 Å². The maximum Gasteiger partial charge on any atom is 0.329 e. The Morgan fingerprint density at radius 1 is 1.24 bits per heavy atom. The molecule has 2 heterocycles. The summed E-state index contributed by atoms with van der Waals surface area (Å²) in [4.78, 5) is 46.8. The lowest BCUT2D eigenvalue weighted by Crippen LogP contribution is -2.44. The van der Waals surface area contributed by atoms with Crippen molar-refractivity contribution < 1.29 is 14.4 Å². The van der Waals surface area contributed by atoms with E-state index in [0.29, 0.717) is 18.4 Å². The van der Waals surface area contributed by atoms with Gasteiger partial charge in [0.05, 0.1) is 11.0 Å². The number of fused-ring (bicyclic) bond motifs is 1. The van der Waals surface area contributed by atoms with Gasteiger partial charge < -0.3 is 4.79 Å². The number of unbranched alkanes of at least 4 members (excludes halogenated alkanes) is 2. The van der Waals surface area contributed by atoms with E-state index in [1.165, 1.54) is 4.57 Å². The number of nitrogens with one attached hydrogen (secondary N) is 1. The molecule has 1 atom stereocenters. The highest BCUT2D eigenvalue weighted by Gasteiger charge is 2.31. The van der Waals surface area contributed by atoms with Gasteiger partial charge in [0, 0.05) is 19.9 Å². The molecule has 0 aliphatic carbocycles. The number of piperidine rings is 1. The molecule has 0 saturated carbocycles. The maximum absolute atomic E-state index is 12.8. The van der Waals surface area contributed by atoms with Crippen molar-refractivity contribution in [2.45, 2.75) is 44.6 Å². The molecule has 2 aromatic rings. The van der Waals surface area contributed by atoms with E-state index < -0.39 is 11.9 Å². The van der Waals surface area contributed by atoms with E-state index in [1.807, 2.05) is 18.2 Å². The average Bonchev–Trinajstić information content (AvgIpc) is 2.84. The van der Waals surface area contributed by atoms with Gasteiger partial charge >= 0.3 is 5.69 Å². The summed E-state index contributed by atoms with van der Waals surface area (Å²) >= 11 is 0. The monoisotopic (exact) mass is 343 g/mol. The molecule has 1 aliphatic heterocycles. The average molecular weight is 343 g/mol. The zero-order valence-corrected chi connectivity index (χ0v) is 14.2. The second kappa shape index (κ2) is 7.04. The van der Waals surface area contributed by atoms with Crippen molar-refractivity contribution in [2.24, 2.45) is 7.05 Å². The number of aromatic nitrogens is 2. The van der Waals surface area contributed by atoms with Gasteiger partial charge in [-0.2, -0.15) is 0 Å². The van der Waals surface area contributed by atoms with Crippen LogP contribution in [0.5, 0.6) is 0 Å². The molecule has 0 spiro atoms. The standard InChI is InChI=1S/C18H21N3O4/c1-20-16-12(6-3-2-4-11-22)7-5-8-13(16)21(18(20)25)14-9-10-15(23)19-17(14)24/h5,7-8,11,14H,2-4,6,9-10H2,1H3,(H,19,23,24). The predicted octanol–water partition coefficient (Wildman–Crippen LogP) is 1.23. The Bertz CT molecular complexity index is 894. The molecule has 0 bridgehead atoms. The Morgan fingerprint density at radius 2 is 2.04 bits per heavy atom. The number of imidazole rings is 1. The Balaban J connectivity index is 2.02. The van der Waals surface area contributed by atoms with E-state index in [0.717, 1.165) is 36.6 Å². The minimum atomic E-state index is -0.667. The molecule has 25 heavy (non-hydrogen) atoms. The smallest absolute Gasteiger partial charge is 0.303 e. The highest BCUT2D eigenvalue weighted by Crippen LogP contribution is 2.25. The minimum Gasteiger partial charge on any atom is -0.303 e. The second-order valence-electron chi connectivity index (χ2n) is 6.38. The molecule has 1 N–H and O–H groups in total. The fraction of sp³-hybridized carbons (Fsp3) is 0.444. The number of rotatable bonds is 6. The van der Waals surface area contributed by atoms with Gasteiger partial charge in [0.1, 0.15) is 12.3 Å². The summed E-state index contributed by atoms with van der Waals surface area (Å²) in [6, 6.07) is 5.01. The highest BCUT2D eigenvalue weighted by molar-refractivity contribution is 6.00. The molecular formula is C18H21N3O4. The Morgan fingerprint density at radius 3 is 2.76 bits per heavy atom. The molecule has 1 aliphatic rings. The summed E-state index contributed by atoms with van der Waals surface area (Å²) in [6.07, 6.45) is 4.43. The van der Waals surface area contributed by atoms with Crippen LogP contribution in [0.3, 0.4) is 0 Å². The number of aldehydes is 1. The molecule has 2 amide bonds. The third kappa shape index (κ3) is 3.14. The lowest BCUT2D eigenvalue weighted by atomic mass is 10.0. The van der Waals surface area contributed by atoms with E-state index >= 15 is 0 Å². The van der Waals surface area contributed by atoms with Crippen LogP contribution in [0.25, 0.3) is 11.0 Å². The molecule has 1 saturated heterocycles. The first-order valence-corrected chi connectivity index (χ1v) is 8.50. The van der Waals surface area contributed by atoms with Crippen molar-refractivity contribution in [3.05, 3.63) is 34.2 Å². The number of hydrogen-bond donors (Lipinski definition) is 1. The number of carbonyl (C=O) groups excluding carboxylic acids is 3.